The van der Waals surface area contributed by atoms with Gasteiger partial charge in [-0.1, -0.05) is 32.1 Å². The molecule has 0 N–H and O–H groups in total. The van der Waals surface area contributed by atoms with Crippen LogP contribution in [-0.4, -0.2) is 22.6 Å². The standard InChI is InChI=1S/C16H22N2O5/c1-11-8-13(9-12-6-4-3-5-7-12)15(18(21)22)16(20)17(11)10-14(19)23-2/h8,12H,3-7,9-10H2,1-2H3. The van der Waals surface area contributed by atoms with E-state index in [-0.39, 0.29) is 6.54 Å². The monoisotopic (exact) mass is 322 g/mol. The Bertz CT molecular complexity index is 659. The first-order valence-corrected chi connectivity index (χ1v) is 7.88. The molecule has 7 nitrogen and oxygen atoms in total. The normalized spacial score (nSPS) is 15.4. The van der Waals surface area contributed by atoms with E-state index in [0.29, 0.717) is 23.6 Å². The zero-order chi connectivity index (χ0) is 17.0. The summed E-state index contributed by atoms with van der Waals surface area (Å²) in [5, 5.41) is 11.4. The molecule has 0 bridgehead atoms. The minimum Gasteiger partial charge on any atom is -0.468 e. The maximum atomic E-state index is 12.5. The quantitative estimate of drug-likeness (QED) is 0.471. The molecule has 23 heavy (non-hydrogen) atoms. The highest BCUT2D eigenvalue weighted by atomic mass is 16.6. The van der Waals surface area contributed by atoms with Crippen molar-refractivity contribution in [3.63, 3.8) is 0 Å². The number of nitro groups is 1. The van der Waals surface area contributed by atoms with Crippen molar-refractivity contribution in [2.45, 2.75) is 52.0 Å². The molecular weight excluding hydrogens is 300 g/mol. The van der Waals surface area contributed by atoms with E-state index in [9.17, 15) is 19.7 Å². The van der Waals surface area contributed by atoms with Crippen molar-refractivity contribution in [3.8, 4) is 0 Å². The van der Waals surface area contributed by atoms with Gasteiger partial charge in [0.15, 0.2) is 0 Å². The fourth-order valence-electron chi connectivity index (χ4n) is 3.27. The van der Waals surface area contributed by atoms with Crippen LogP contribution in [0.25, 0.3) is 0 Å². The number of hydrogen-bond acceptors (Lipinski definition) is 5. The zero-order valence-electron chi connectivity index (χ0n) is 13.5. The van der Waals surface area contributed by atoms with Crippen LogP contribution in [0, 0.1) is 23.0 Å². The molecule has 0 aromatic carbocycles. The molecule has 126 valence electrons. The van der Waals surface area contributed by atoms with Crippen LogP contribution in [0.4, 0.5) is 5.69 Å². The van der Waals surface area contributed by atoms with Gasteiger partial charge in [0.1, 0.15) is 6.54 Å². The molecule has 1 saturated carbocycles. The number of rotatable bonds is 5. The van der Waals surface area contributed by atoms with Gasteiger partial charge in [-0.05, 0) is 25.3 Å². The summed E-state index contributed by atoms with van der Waals surface area (Å²) in [6.07, 6.45) is 6.11. The average molecular weight is 322 g/mol. The molecule has 0 saturated heterocycles. The van der Waals surface area contributed by atoms with Crippen molar-refractivity contribution < 1.29 is 14.5 Å². The van der Waals surface area contributed by atoms with E-state index in [0.717, 1.165) is 30.3 Å². The third-order valence-electron chi connectivity index (χ3n) is 4.49. The lowest BCUT2D eigenvalue weighted by Gasteiger charge is -2.21. The van der Waals surface area contributed by atoms with Crippen molar-refractivity contribution >= 4 is 11.7 Å². The summed E-state index contributed by atoms with van der Waals surface area (Å²) in [5.41, 5.74) is -0.126. The Morgan fingerprint density at radius 1 is 1.39 bits per heavy atom. The van der Waals surface area contributed by atoms with Gasteiger partial charge in [0.2, 0.25) is 0 Å². The first kappa shape index (κ1) is 17.2. The number of esters is 1. The third kappa shape index (κ3) is 3.97. The second kappa shape index (κ2) is 7.39. The predicted molar refractivity (Wildman–Crippen MR) is 84.4 cm³/mol. The maximum Gasteiger partial charge on any atom is 0.337 e. The summed E-state index contributed by atoms with van der Waals surface area (Å²) in [5.74, 6) is -0.220. The Morgan fingerprint density at radius 3 is 2.61 bits per heavy atom. The summed E-state index contributed by atoms with van der Waals surface area (Å²) < 4.78 is 5.65. The van der Waals surface area contributed by atoms with Gasteiger partial charge in [-0.15, -0.1) is 0 Å². The molecule has 0 unspecified atom stereocenters. The number of hydrogen-bond donors (Lipinski definition) is 0. The Labute approximate surface area is 134 Å². The van der Waals surface area contributed by atoms with Crippen LogP contribution in [0.5, 0.6) is 0 Å². The van der Waals surface area contributed by atoms with Crippen LogP contribution in [0.1, 0.15) is 43.4 Å². The van der Waals surface area contributed by atoms with E-state index in [1.807, 2.05) is 0 Å². The van der Waals surface area contributed by atoms with Crippen molar-refractivity contribution in [2.75, 3.05) is 7.11 Å². The molecule has 0 radical (unpaired) electrons. The van der Waals surface area contributed by atoms with E-state index in [2.05, 4.69) is 4.74 Å². The number of aromatic nitrogens is 1. The molecule has 1 heterocycles. The largest absolute Gasteiger partial charge is 0.468 e. The van der Waals surface area contributed by atoms with Crippen LogP contribution in [-0.2, 0) is 22.5 Å². The van der Waals surface area contributed by atoms with Gasteiger partial charge in [0.05, 0.1) is 12.0 Å². The summed E-state index contributed by atoms with van der Waals surface area (Å²) in [4.78, 5) is 34.6. The lowest BCUT2D eigenvalue weighted by Crippen LogP contribution is -2.30. The Balaban J connectivity index is 2.40. The average Bonchev–Trinajstić information content (AvgIpc) is 2.51. The molecule has 0 spiro atoms. The van der Waals surface area contributed by atoms with Crippen LogP contribution in [0.3, 0.4) is 0 Å². The lowest BCUT2D eigenvalue weighted by molar-refractivity contribution is -0.387. The highest BCUT2D eigenvalue weighted by Gasteiger charge is 2.26. The second-order valence-corrected chi connectivity index (χ2v) is 6.09. The summed E-state index contributed by atoms with van der Waals surface area (Å²) in [7, 11) is 1.22. The van der Waals surface area contributed by atoms with E-state index >= 15 is 0 Å². The minimum absolute atomic E-state index is 0.314. The summed E-state index contributed by atoms with van der Waals surface area (Å²) in [6, 6.07) is 1.66. The highest BCUT2D eigenvalue weighted by molar-refractivity contribution is 5.69. The molecule has 7 heteroatoms. The molecule has 2 rings (SSSR count). The van der Waals surface area contributed by atoms with Gasteiger partial charge < -0.3 is 4.74 Å². The van der Waals surface area contributed by atoms with Crippen LogP contribution in [0.15, 0.2) is 10.9 Å². The van der Waals surface area contributed by atoms with Gasteiger partial charge in [0, 0.05) is 11.3 Å². The lowest BCUT2D eigenvalue weighted by atomic mass is 9.84. The first-order valence-electron chi connectivity index (χ1n) is 7.88. The Morgan fingerprint density at radius 2 is 2.04 bits per heavy atom. The topological polar surface area (TPSA) is 91.4 Å². The van der Waals surface area contributed by atoms with Crippen LogP contribution >= 0.6 is 0 Å². The molecule has 1 aromatic heterocycles. The Kier molecular flexibility index (Phi) is 5.52. The number of carbonyl (C=O) groups is 1. The van der Waals surface area contributed by atoms with Crippen molar-refractivity contribution in [1.29, 1.82) is 0 Å². The predicted octanol–water partition coefficient (Wildman–Crippen LogP) is 2.36. The molecule has 0 atom stereocenters. The summed E-state index contributed by atoms with van der Waals surface area (Å²) >= 11 is 0. The van der Waals surface area contributed by atoms with Gasteiger partial charge in [-0.3, -0.25) is 24.3 Å². The molecule has 1 aliphatic carbocycles. The zero-order valence-corrected chi connectivity index (χ0v) is 13.5. The van der Waals surface area contributed by atoms with Crippen molar-refractivity contribution in [1.82, 2.24) is 4.57 Å². The van der Waals surface area contributed by atoms with Gasteiger partial charge in [-0.25, -0.2) is 0 Å². The second-order valence-electron chi connectivity index (χ2n) is 6.09. The Hall–Kier alpha value is -2.18. The van der Waals surface area contributed by atoms with Gasteiger partial charge >= 0.3 is 17.2 Å². The molecule has 0 aliphatic heterocycles. The highest BCUT2D eigenvalue weighted by Crippen LogP contribution is 2.29. The fourth-order valence-corrected chi connectivity index (χ4v) is 3.27. The smallest absolute Gasteiger partial charge is 0.337 e. The van der Waals surface area contributed by atoms with E-state index in [1.165, 1.54) is 13.5 Å². The number of carbonyl (C=O) groups excluding carboxylic acids is 1. The van der Waals surface area contributed by atoms with Crippen LogP contribution in [0.2, 0.25) is 0 Å². The number of methoxy groups -OCH3 is 1. The third-order valence-corrected chi connectivity index (χ3v) is 4.49. The molecule has 1 fully saturated rings. The molecule has 1 aliphatic rings. The fraction of sp³-hybridized carbons (Fsp3) is 0.625. The number of nitrogens with zero attached hydrogens (tertiary/aromatic N) is 2. The van der Waals surface area contributed by atoms with Crippen LogP contribution < -0.4 is 5.56 Å². The molecule has 0 amide bonds. The first-order chi connectivity index (χ1) is 10.9. The van der Waals surface area contributed by atoms with Gasteiger partial charge in [-0.2, -0.15) is 0 Å². The number of aryl methyl sites for hydroxylation is 1. The maximum absolute atomic E-state index is 12.5. The molecule has 1 aromatic rings. The van der Waals surface area contributed by atoms with E-state index < -0.39 is 22.1 Å². The molecular formula is C16H22N2O5. The van der Waals surface area contributed by atoms with Crippen molar-refractivity contribution in [3.05, 3.63) is 37.8 Å². The summed E-state index contributed by atoms with van der Waals surface area (Å²) in [6.45, 7) is 1.37. The number of pyridine rings is 1. The minimum atomic E-state index is -0.730. The van der Waals surface area contributed by atoms with Crippen molar-refractivity contribution in [2.24, 2.45) is 5.92 Å². The van der Waals surface area contributed by atoms with E-state index in [1.54, 1.807) is 13.0 Å². The van der Waals surface area contributed by atoms with E-state index in [4.69, 9.17) is 0 Å². The number of ether oxygens (including phenoxy) is 1. The SMILES string of the molecule is COC(=O)Cn1c(C)cc(CC2CCCCC2)c([N+](=O)[O-])c1=O. The van der Waals surface area contributed by atoms with Gasteiger partial charge in [0.25, 0.3) is 0 Å².